The van der Waals surface area contributed by atoms with Crippen molar-refractivity contribution in [2.75, 3.05) is 13.2 Å². The van der Waals surface area contributed by atoms with Gasteiger partial charge in [-0.05, 0) is 42.7 Å². The zero-order valence-electron chi connectivity index (χ0n) is 18.3. The first-order valence-electron chi connectivity index (χ1n) is 10.2. The third kappa shape index (κ3) is 7.16. The number of aromatic nitrogens is 1. The van der Waals surface area contributed by atoms with Gasteiger partial charge in [0.1, 0.15) is 5.69 Å². The molecule has 0 aliphatic heterocycles. The summed E-state index contributed by atoms with van der Waals surface area (Å²) in [6, 6.07) is 8.62. The minimum absolute atomic E-state index is 0.0156. The van der Waals surface area contributed by atoms with E-state index in [0.29, 0.717) is 19.4 Å². The summed E-state index contributed by atoms with van der Waals surface area (Å²) in [5.74, 6) is -1.64. The number of pyridine rings is 1. The molecule has 2 rings (SSSR count). The van der Waals surface area contributed by atoms with Crippen LogP contribution in [0.1, 0.15) is 53.6 Å². The van der Waals surface area contributed by atoms with Gasteiger partial charge < -0.3 is 10.1 Å². The lowest BCUT2D eigenvalue weighted by Gasteiger charge is -2.09. The Morgan fingerprint density at radius 2 is 1.75 bits per heavy atom. The van der Waals surface area contributed by atoms with Crippen molar-refractivity contribution < 1.29 is 27.5 Å². The highest BCUT2D eigenvalue weighted by Gasteiger charge is 2.19. The molecule has 9 nitrogen and oxygen atoms in total. The fourth-order valence-electron chi connectivity index (χ4n) is 2.53. The Kier molecular flexibility index (Phi) is 8.89. The molecule has 2 N–H and O–H groups in total. The fraction of sp³-hybridized carbons (Fsp3) is 0.364. The monoisotopic (exact) mass is 461 g/mol. The van der Waals surface area contributed by atoms with Gasteiger partial charge in [0.25, 0.3) is 15.9 Å². The Balaban J connectivity index is 1.97. The summed E-state index contributed by atoms with van der Waals surface area (Å²) in [5, 5.41) is 2.79. The first-order chi connectivity index (χ1) is 15.1. The van der Waals surface area contributed by atoms with Gasteiger partial charge in [-0.2, -0.15) is 0 Å². The van der Waals surface area contributed by atoms with Gasteiger partial charge in [-0.1, -0.05) is 32.9 Å². The van der Waals surface area contributed by atoms with Crippen molar-refractivity contribution in [2.24, 2.45) is 5.92 Å². The topological polar surface area (TPSA) is 132 Å². The highest BCUT2D eigenvalue weighted by Crippen LogP contribution is 2.12. The van der Waals surface area contributed by atoms with E-state index in [4.69, 9.17) is 4.74 Å². The van der Waals surface area contributed by atoms with Crippen LogP contribution in [0.15, 0.2) is 47.5 Å². The van der Waals surface area contributed by atoms with Crippen LogP contribution in [0.4, 0.5) is 0 Å². The van der Waals surface area contributed by atoms with Gasteiger partial charge in [0.05, 0.1) is 17.1 Å². The fourth-order valence-corrected chi connectivity index (χ4v) is 3.50. The van der Waals surface area contributed by atoms with E-state index < -0.39 is 21.9 Å². The average Bonchev–Trinajstić information content (AvgIpc) is 2.77. The largest absolute Gasteiger partial charge is 0.461 e. The Bertz CT molecular complexity index is 1050. The number of esters is 1. The van der Waals surface area contributed by atoms with Crippen LogP contribution in [0.2, 0.25) is 0 Å². The van der Waals surface area contributed by atoms with Crippen molar-refractivity contribution in [1.29, 1.82) is 0 Å². The molecule has 0 atom stereocenters. The Morgan fingerprint density at radius 3 is 2.31 bits per heavy atom. The van der Waals surface area contributed by atoms with Crippen LogP contribution < -0.4 is 10.0 Å². The number of carbonyl (C=O) groups is 3. The quantitative estimate of drug-likeness (QED) is 0.518. The molecule has 1 heterocycles. The van der Waals surface area contributed by atoms with Crippen LogP contribution in [0, 0.1) is 5.92 Å². The van der Waals surface area contributed by atoms with Crippen LogP contribution in [0.3, 0.4) is 0 Å². The minimum atomic E-state index is -4.10. The molecule has 10 heteroatoms. The first kappa shape index (κ1) is 25.0. The van der Waals surface area contributed by atoms with E-state index in [1.54, 1.807) is 26.0 Å². The molecular weight excluding hydrogens is 434 g/mol. The standard InChI is InChI=1S/C22H27N3O6S/c1-4-13-31-22(28)19-10-7-17(14-24-19)21(27)25-32(29,30)18-8-5-16(6-9-18)11-12-23-20(26)15(2)3/h5-10,14-15H,4,11-13H2,1-3H3,(H,23,26)(H,25,27). The molecule has 0 aliphatic carbocycles. The van der Waals surface area contributed by atoms with E-state index in [1.165, 1.54) is 24.3 Å². The van der Waals surface area contributed by atoms with Gasteiger partial charge in [-0.15, -0.1) is 0 Å². The summed E-state index contributed by atoms with van der Waals surface area (Å²) in [7, 11) is -4.10. The third-order valence-corrected chi connectivity index (χ3v) is 5.72. The van der Waals surface area contributed by atoms with E-state index in [-0.39, 0.29) is 34.6 Å². The molecule has 1 aromatic heterocycles. The second kappa shape index (κ2) is 11.4. The molecule has 2 aromatic rings. The maximum Gasteiger partial charge on any atom is 0.356 e. The van der Waals surface area contributed by atoms with Gasteiger partial charge in [-0.25, -0.2) is 22.9 Å². The van der Waals surface area contributed by atoms with Crippen LogP contribution in [0.5, 0.6) is 0 Å². The average molecular weight is 462 g/mol. The number of sulfonamides is 1. The summed E-state index contributed by atoms with van der Waals surface area (Å²) >= 11 is 0. The molecule has 0 spiro atoms. The van der Waals surface area contributed by atoms with E-state index >= 15 is 0 Å². The van der Waals surface area contributed by atoms with E-state index in [9.17, 15) is 22.8 Å². The number of amides is 2. The number of hydrogen-bond donors (Lipinski definition) is 2. The second-order valence-electron chi connectivity index (χ2n) is 7.34. The summed E-state index contributed by atoms with van der Waals surface area (Å²) in [5.41, 5.74) is 0.852. The summed E-state index contributed by atoms with van der Waals surface area (Å²) < 4.78 is 32.0. The molecule has 0 fully saturated rings. The number of nitrogens with zero attached hydrogens (tertiary/aromatic N) is 1. The third-order valence-electron chi connectivity index (χ3n) is 4.37. The maximum atomic E-state index is 12.5. The summed E-state index contributed by atoms with van der Waals surface area (Å²) in [6.45, 7) is 6.15. The van der Waals surface area contributed by atoms with Crippen LogP contribution in [-0.4, -0.2) is 44.3 Å². The molecule has 32 heavy (non-hydrogen) atoms. The lowest BCUT2D eigenvalue weighted by molar-refractivity contribution is -0.123. The predicted molar refractivity (Wildman–Crippen MR) is 117 cm³/mol. The van der Waals surface area contributed by atoms with Crippen molar-refractivity contribution in [3.63, 3.8) is 0 Å². The van der Waals surface area contributed by atoms with Gasteiger partial charge >= 0.3 is 5.97 Å². The van der Waals surface area contributed by atoms with Crippen molar-refractivity contribution in [3.05, 3.63) is 59.4 Å². The minimum Gasteiger partial charge on any atom is -0.461 e. The highest BCUT2D eigenvalue weighted by molar-refractivity contribution is 7.90. The molecule has 0 aliphatic rings. The van der Waals surface area contributed by atoms with Gasteiger partial charge in [0.15, 0.2) is 0 Å². The molecule has 0 radical (unpaired) electrons. The number of rotatable bonds is 10. The number of carbonyl (C=O) groups excluding carboxylic acids is 3. The Morgan fingerprint density at radius 1 is 1.06 bits per heavy atom. The molecule has 0 saturated carbocycles. The first-order valence-corrected chi connectivity index (χ1v) is 11.7. The number of nitrogens with one attached hydrogen (secondary N) is 2. The highest BCUT2D eigenvalue weighted by atomic mass is 32.2. The summed E-state index contributed by atoms with van der Waals surface area (Å²) in [4.78, 5) is 39.4. The predicted octanol–water partition coefficient (Wildman–Crippen LogP) is 2.08. The molecule has 0 unspecified atom stereocenters. The molecule has 0 saturated heterocycles. The number of ether oxygens (including phenoxy) is 1. The van der Waals surface area contributed by atoms with Crippen molar-refractivity contribution >= 4 is 27.8 Å². The zero-order chi connectivity index (χ0) is 23.7. The molecule has 2 amide bonds. The Labute approximate surface area is 187 Å². The van der Waals surface area contributed by atoms with Crippen molar-refractivity contribution in [1.82, 2.24) is 15.0 Å². The van der Waals surface area contributed by atoms with Crippen molar-refractivity contribution in [3.8, 4) is 0 Å². The lowest BCUT2D eigenvalue weighted by atomic mass is 10.1. The zero-order valence-corrected chi connectivity index (χ0v) is 19.1. The van der Waals surface area contributed by atoms with Crippen molar-refractivity contribution in [2.45, 2.75) is 38.5 Å². The molecule has 0 bridgehead atoms. The van der Waals surface area contributed by atoms with E-state index in [2.05, 4.69) is 10.3 Å². The van der Waals surface area contributed by atoms with Crippen LogP contribution in [-0.2, 0) is 26.0 Å². The Hall–Kier alpha value is -3.27. The lowest BCUT2D eigenvalue weighted by Crippen LogP contribution is -2.31. The van der Waals surface area contributed by atoms with Gasteiger partial charge in [0, 0.05) is 18.7 Å². The van der Waals surface area contributed by atoms with Crippen LogP contribution in [0.25, 0.3) is 0 Å². The summed E-state index contributed by atoms with van der Waals surface area (Å²) in [6.07, 6.45) is 2.32. The molecule has 172 valence electrons. The number of hydrogen-bond acceptors (Lipinski definition) is 7. The van der Waals surface area contributed by atoms with E-state index in [0.717, 1.165) is 11.8 Å². The molecular formula is C22H27N3O6S. The van der Waals surface area contributed by atoms with E-state index in [1.807, 2.05) is 11.6 Å². The van der Waals surface area contributed by atoms with Crippen LogP contribution >= 0.6 is 0 Å². The molecule has 1 aromatic carbocycles. The number of benzene rings is 1. The SMILES string of the molecule is CCCOC(=O)c1ccc(C(=O)NS(=O)(=O)c2ccc(CCNC(=O)C(C)C)cc2)cn1. The van der Waals surface area contributed by atoms with Gasteiger partial charge in [0.2, 0.25) is 5.91 Å². The smallest absolute Gasteiger partial charge is 0.356 e. The normalized spacial score (nSPS) is 11.1. The maximum absolute atomic E-state index is 12.5. The second-order valence-corrected chi connectivity index (χ2v) is 9.02. The van der Waals surface area contributed by atoms with Gasteiger partial charge in [-0.3, -0.25) is 9.59 Å².